The van der Waals surface area contributed by atoms with Gasteiger partial charge in [-0.25, -0.2) is 18.2 Å². The number of aromatic nitrogens is 1. The van der Waals surface area contributed by atoms with Crippen LogP contribution in [0.15, 0.2) is 150 Å². The standard InChI is InChI=1S/C41H31N3O5S2/c1-49-39(46)34-26-35(51(47,48)33-20-12-5-13-21-33)41(31-16-8-3-9-17-31,32-18-10-4-11-19-32)44(34)40-43-36(29-14-6-2-7-15-29)38(50-40)37(45)30-24-22-28(27-42)23-25-30/h2-25,34-35H,26H2,1H3/t34-,35-/m1/s1. The molecule has 7 rings (SSSR count). The van der Waals surface area contributed by atoms with E-state index in [2.05, 4.69) is 6.07 Å². The summed E-state index contributed by atoms with van der Waals surface area (Å²) in [6, 6.07) is 43.4. The summed E-state index contributed by atoms with van der Waals surface area (Å²) in [6.07, 6.45) is -0.118. The normalized spacial score (nSPS) is 16.7. The molecule has 0 radical (unpaired) electrons. The van der Waals surface area contributed by atoms with Crippen molar-refractivity contribution in [2.45, 2.75) is 28.1 Å². The molecule has 51 heavy (non-hydrogen) atoms. The molecule has 1 aliphatic heterocycles. The molecular weight excluding hydrogens is 679 g/mol. The lowest BCUT2D eigenvalue weighted by Gasteiger charge is -2.44. The summed E-state index contributed by atoms with van der Waals surface area (Å²) in [5.74, 6) is -0.956. The van der Waals surface area contributed by atoms with E-state index >= 15 is 0 Å². The number of ketones is 1. The number of esters is 1. The molecular formula is C41H31N3O5S2. The van der Waals surface area contributed by atoms with Gasteiger partial charge in [0.2, 0.25) is 5.78 Å². The third-order valence-corrected chi connectivity index (χ3v) is 12.6. The summed E-state index contributed by atoms with van der Waals surface area (Å²) >= 11 is 1.09. The number of hydrogen-bond donors (Lipinski definition) is 0. The number of hydrogen-bond acceptors (Lipinski definition) is 9. The minimum Gasteiger partial charge on any atom is -0.467 e. The van der Waals surface area contributed by atoms with Crippen LogP contribution >= 0.6 is 11.3 Å². The van der Waals surface area contributed by atoms with Crippen molar-refractivity contribution in [1.82, 2.24) is 4.98 Å². The van der Waals surface area contributed by atoms with Gasteiger partial charge in [-0.2, -0.15) is 5.26 Å². The highest BCUT2D eigenvalue weighted by Gasteiger charge is 2.63. The fourth-order valence-electron chi connectivity index (χ4n) is 7.01. The maximum Gasteiger partial charge on any atom is 0.328 e. The Bertz CT molecular complexity index is 2300. The van der Waals surface area contributed by atoms with Crippen molar-refractivity contribution < 1.29 is 22.7 Å². The van der Waals surface area contributed by atoms with E-state index in [1.54, 1.807) is 59.5 Å². The van der Waals surface area contributed by atoms with E-state index < -0.39 is 32.6 Å². The van der Waals surface area contributed by atoms with Gasteiger partial charge in [0.25, 0.3) is 0 Å². The minimum atomic E-state index is -4.15. The van der Waals surface area contributed by atoms with Crippen LogP contribution in [0.2, 0.25) is 0 Å². The summed E-state index contributed by atoms with van der Waals surface area (Å²) in [5, 5.41) is 8.44. The van der Waals surface area contributed by atoms with E-state index in [0.717, 1.165) is 11.3 Å². The third kappa shape index (κ3) is 5.80. The predicted molar refractivity (Wildman–Crippen MR) is 196 cm³/mol. The number of nitriles is 1. The number of carbonyl (C=O) groups is 2. The highest BCUT2D eigenvalue weighted by atomic mass is 32.2. The largest absolute Gasteiger partial charge is 0.467 e. The molecule has 0 N–H and O–H groups in total. The topological polar surface area (TPSA) is 117 Å². The van der Waals surface area contributed by atoms with Crippen molar-refractivity contribution in [3.8, 4) is 17.3 Å². The highest BCUT2D eigenvalue weighted by Crippen LogP contribution is 2.55. The van der Waals surface area contributed by atoms with Crippen LogP contribution in [0, 0.1) is 11.3 Å². The molecule has 8 nitrogen and oxygen atoms in total. The molecule has 0 amide bonds. The van der Waals surface area contributed by atoms with E-state index in [1.807, 2.05) is 91.0 Å². The number of thiazole rings is 1. The van der Waals surface area contributed by atoms with Gasteiger partial charge in [-0.05, 0) is 53.9 Å². The molecule has 0 aliphatic carbocycles. The quantitative estimate of drug-likeness (QED) is 0.112. The molecule has 1 saturated heterocycles. The van der Waals surface area contributed by atoms with Gasteiger partial charge >= 0.3 is 5.97 Å². The summed E-state index contributed by atoms with van der Waals surface area (Å²) in [6.45, 7) is 0. The van der Waals surface area contributed by atoms with Crippen molar-refractivity contribution in [1.29, 1.82) is 5.26 Å². The van der Waals surface area contributed by atoms with Crippen LogP contribution in [-0.2, 0) is 24.9 Å². The molecule has 0 saturated carbocycles. The molecule has 1 aromatic heterocycles. The molecule has 0 spiro atoms. The molecule has 0 bridgehead atoms. The van der Waals surface area contributed by atoms with Gasteiger partial charge < -0.3 is 9.64 Å². The zero-order valence-corrected chi connectivity index (χ0v) is 29.1. The van der Waals surface area contributed by atoms with Crippen LogP contribution in [0.4, 0.5) is 5.13 Å². The number of nitrogens with zero attached hydrogens (tertiary/aromatic N) is 3. The molecule has 2 atom stereocenters. The van der Waals surface area contributed by atoms with Crippen molar-refractivity contribution in [2.75, 3.05) is 12.0 Å². The Balaban J connectivity index is 1.55. The average molecular weight is 710 g/mol. The predicted octanol–water partition coefficient (Wildman–Crippen LogP) is 7.45. The van der Waals surface area contributed by atoms with Crippen molar-refractivity contribution in [3.63, 3.8) is 0 Å². The van der Waals surface area contributed by atoms with Gasteiger partial charge in [0.05, 0.1) is 29.3 Å². The monoisotopic (exact) mass is 709 g/mol. The van der Waals surface area contributed by atoms with Crippen LogP contribution in [-0.4, -0.2) is 43.6 Å². The molecule has 6 aromatic rings. The number of carbonyl (C=O) groups excluding carboxylic acids is 2. The first-order valence-corrected chi connectivity index (χ1v) is 18.5. The zero-order valence-electron chi connectivity index (χ0n) is 27.4. The number of rotatable bonds is 9. The number of anilines is 1. The maximum absolute atomic E-state index is 15.0. The smallest absolute Gasteiger partial charge is 0.328 e. The molecule has 1 aliphatic rings. The van der Waals surface area contributed by atoms with Crippen LogP contribution in [0.25, 0.3) is 11.3 Å². The molecule has 5 aromatic carbocycles. The Morgan fingerprint density at radius 2 is 1.33 bits per heavy atom. The van der Waals surface area contributed by atoms with E-state index in [0.29, 0.717) is 38.4 Å². The van der Waals surface area contributed by atoms with Crippen LogP contribution in [0.3, 0.4) is 0 Å². The second kappa shape index (κ2) is 13.8. The fourth-order valence-corrected chi connectivity index (χ4v) is 10.3. The molecule has 0 unspecified atom stereocenters. The van der Waals surface area contributed by atoms with E-state index in [1.165, 1.54) is 7.11 Å². The van der Waals surface area contributed by atoms with Gasteiger partial charge in [0.15, 0.2) is 15.0 Å². The van der Waals surface area contributed by atoms with E-state index in [4.69, 9.17) is 9.72 Å². The minimum absolute atomic E-state index is 0.118. The molecule has 1 fully saturated rings. The number of methoxy groups -OCH3 is 1. The first-order valence-electron chi connectivity index (χ1n) is 16.2. The van der Waals surface area contributed by atoms with Crippen LogP contribution in [0.1, 0.15) is 38.3 Å². The second-order valence-electron chi connectivity index (χ2n) is 12.0. The first-order chi connectivity index (χ1) is 24.8. The zero-order chi connectivity index (χ0) is 35.6. The van der Waals surface area contributed by atoms with Gasteiger partial charge in [0.1, 0.15) is 21.7 Å². The van der Waals surface area contributed by atoms with E-state index in [-0.39, 0.29) is 22.2 Å². The number of benzene rings is 5. The van der Waals surface area contributed by atoms with Gasteiger partial charge in [-0.15, -0.1) is 0 Å². The Labute approximate surface area is 300 Å². The summed E-state index contributed by atoms with van der Waals surface area (Å²) in [5.41, 5.74) is 1.58. The molecule has 10 heteroatoms. The highest BCUT2D eigenvalue weighted by molar-refractivity contribution is 7.92. The van der Waals surface area contributed by atoms with Crippen LogP contribution < -0.4 is 4.90 Å². The van der Waals surface area contributed by atoms with Crippen molar-refractivity contribution in [3.05, 3.63) is 173 Å². The average Bonchev–Trinajstić information content (AvgIpc) is 3.80. The second-order valence-corrected chi connectivity index (χ2v) is 15.2. The van der Waals surface area contributed by atoms with Crippen molar-refractivity contribution in [2.24, 2.45) is 0 Å². The molecule has 252 valence electrons. The van der Waals surface area contributed by atoms with Gasteiger partial charge in [-0.3, -0.25) is 4.79 Å². The lowest BCUT2D eigenvalue weighted by Crippen LogP contribution is -2.54. The lowest BCUT2D eigenvalue weighted by atomic mass is 9.80. The fraction of sp³-hybridized carbons (Fsp3) is 0.122. The van der Waals surface area contributed by atoms with Gasteiger partial charge in [0, 0.05) is 11.1 Å². The van der Waals surface area contributed by atoms with Crippen molar-refractivity contribution >= 4 is 38.1 Å². The van der Waals surface area contributed by atoms with Crippen LogP contribution in [0.5, 0.6) is 0 Å². The third-order valence-electron chi connectivity index (χ3n) is 9.29. The number of ether oxygens (including phenoxy) is 1. The SMILES string of the molecule is COC(=O)[C@H]1C[C@@H](S(=O)(=O)c2ccccc2)C(c2ccccc2)(c2ccccc2)N1c1nc(-c2ccccc2)c(C(=O)c2ccc(C#N)cc2)s1. The summed E-state index contributed by atoms with van der Waals surface area (Å²) < 4.78 is 35.4. The Hall–Kier alpha value is -5.89. The summed E-state index contributed by atoms with van der Waals surface area (Å²) in [4.78, 5) is 35.6. The number of sulfone groups is 1. The first kappa shape index (κ1) is 33.6. The summed E-state index contributed by atoms with van der Waals surface area (Å²) in [7, 11) is -2.86. The van der Waals surface area contributed by atoms with Gasteiger partial charge in [-0.1, -0.05) is 121 Å². The Morgan fingerprint density at radius 3 is 1.86 bits per heavy atom. The molecule has 2 heterocycles. The lowest BCUT2D eigenvalue weighted by molar-refractivity contribution is -0.142. The Kier molecular flexibility index (Phi) is 9.08. The maximum atomic E-state index is 15.0. The Morgan fingerprint density at radius 1 is 0.804 bits per heavy atom. The van der Waals surface area contributed by atoms with E-state index in [9.17, 15) is 23.3 Å².